The predicted octanol–water partition coefficient (Wildman–Crippen LogP) is 0.537. The molecule has 0 unspecified atom stereocenters. The van der Waals surface area contributed by atoms with Crippen molar-refractivity contribution in [1.29, 1.82) is 0 Å². The average Bonchev–Trinajstić information content (AvgIpc) is 2.38. The van der Waals surface area contributed by atoms with Gasteiger partial charge in [0.2, 0.25) is 5.91 Å². The van der Waals surface area contributed by atoms with Gasteiger partial charge in [-0.25, -0.2) is 0 Å². The topological polar surface area (TPSA) is 55.8 Å². The normalized spacial score (nSPS) is 18.2. The number of likely N-dealkylation sites (N-methyl/N-ethyl adjacent to an activating group) is 1. The van der Waals surface area contributed by atoms with E-state index >= 15 is 0 Å². The number of carbonyl (C=O) groups excluding carboxylic acids is 1. The molecule has 0 aromatic carbocycles. The fraction of sp³-hybridized carbons (Fsp3) is 0.933. The van der Waals surface area contributed by atoms with Gasteiger partial charge in [0.05, 0.1) is 6.54 Å². The van der Waals surface area contributed by atoms with Gasteiger partial charge in [-0.1, -0.05) is 13.8 Å². The van der Waals surface area contributed by atoms with Gasteiger partial charge in [0.15, 0.2) is 0 Å². The number of hydrogen-bond acceptors (Lipinski definition) is 4. The Kier molecular flexibility index (Phi) is 6.92. The zero-order valence-corrected chi connectivity index (χ0v) is 13.5. The molecular weight excluding hydrogens is 254 g/mol. The molecule has 2 N–H and O–H groups in total. The summed E-state index contributed by atoms with van der Waals surface area (Å²) in [5.74, 6) is 0.181. The molecule has 0 radical (unpaired) electrons. The second-order valence-electron chi connectivity index (χ2n) is 6.86. The SMILES string of the molecule is CN(C)C(=O)CN1CCC(NCC(C)(C)CCO)CC1. The summed E-state index contributed by atoms with van der Waals surface area (Å²) in [5, 5.41) is 12.6. The summed E-state index contributed by atoms with van der Waals surface area (Å²) in [4.78, 5) is 15.6. The lowest BCUT2D eigenvalue weighted by atomic mass is 9.89. The van der Waals surface area contributed by atoms with Crippen molar-refractivity contribution in [3.8, 4) is 0 Å². The molecule has 1 fully saturated rings. The Morgan fingerprint density at radius 2 is 1.95 bits per heavy atom. The molecule has 1 aliphatic heterocycles. The first kappa shape index (κ1) is 17.4. The number of nitrogens with one attached hydrogen (secondary N) is 1. The van der Waals surface area contributed by atoms with Crippen LogP contribution in [0, 0.1) is 5.41 Å². The van der Waals surface area contributed by atoms with Gasteiger partial charge in [0.1, 0.15) is 0 Å². The molecule has 0 aliphatic carbocycles. The first-order chi connectivity index (χ1) is 9.34. The highest BCUT2D eigenvalue weighted by molar-refractivity contribution is 5.77. The third kappa shape index (κ3) is 6.20. The first-order valence-corrected chi connectivity index (χ1v) is 7.61. The number of amides is 1. The van der Waals surface area contributed by atoms with Crippen molar-refractivity contribution in [3.05, 3.63) is 0 Å². The first-order valence-electron chi connectivity index (χ1n) is 7.61. The summed E-state index contributed by atoms with van der Waals surface area (Å²) >= 11 is 0. The number of aliphatic hydroxyl groups is 1. The summed E-state index contributed by atoms with van der Waals surface area (Å²) in [6.45, 7) is 8.06. The number of carbonyl (C=O) groups is 1. The second-order valence-corrected chi connectivity index (χ2v) is 6.86. The van der Waals surface area contributed by atoms with E-state index in [0.717, 1.165) is 38.9 Å². The maximum Gasteiger partial charge on any atom is 0.236 e. The summed E-state index contributed by atoms with van der Waals surface area (Å²) < 4.78 is 0. The molecule has 0 spiro atoms. The van der Waals surface area contributed by atoms with Crippen molar-refractivity contribution < 1.29 is 9.90 Å². The highest BCUT2D eigenvalue weighted by atomic mass is 16.3. The van der Waals surface area contributed by atoms with E-state index in [4.69, 9.17) is 5.11 Å². The highest BCUT2D eigenvalue weighted by Crippen LogP contribution is 2.19. The molecule has 118 valence electrons. The zero-order chi connectivity index (χ0) is 15.2. The Morgan fingerprint density at radius 3 is 2.45 bits per heavy atom. The van der Waals surface area contributed by atoms with E-state index in [9.17, 15) is 4.79 Å². The number of piperidine rings is 1. The van der Waals surface area contributed by atoms with Crippen LogP contribution in [0.15, 0.2) is 0 Å². The van der Waals surface area contributed by atoms with E-state index in [1.54, 1.807) is 19.0 Å². The van der Waals surface area contributed by atoms with Crippen LogP contribution in [-0.2, 0) is 4.79 Å². The van der Waals surface area contributed by atoms with Crippen LogP contribution in [0.25, 0.3) is 0 Å². The van der Waals surface area contributed by atoms with Crippen LogP contribution < -0.4 is 5.32 Å². The fourth-order valence-electron chi connectivity index (χ4n) is 2.44. The molecule has 1 amide bonds. The summed E-state index contributed by atoms with van der Waals surface area (Å²) in [6, 6.07) is 0.540. The zero-order valence-electron chi connectivity index (χ0n) is 13.5. The van der Waals surface area contributed by atoms with Gasteiger partial charge < -0.3 is 15.3 Å². The largest absolute Gasteiger partial charge is 0.396 e. The molecule has 1 saturated heterocycles. The molecule has 20 heavy (non-hydrogen) atoms. The third-order valence-electron chi connectivity index (χ3n) is 4.10. The summed E-state index contributed by atoms with van der Waals surface area (Å²) in [5.41, 5.74) is 0.146. The van der Waals surface area contributed by atoms with Gasteiger partial charge >= 0.3 is 0 Å². The van der Waals surface area contributed by atoms with Crippen LogP contribution >= 0.6 is 0 Å². The Balaban J connectivity index is 2.24. The van der Waals surface area contributed by atoms with Crippen LogP contribution in [-0.4, -0.2) is 73.7 Å². The van der Waals surface area contributed by atoms with Crippen LogP contribution in [0.5, 0.6) is 0 Å². The van der Waals surface area contributed by atoms with Gasteiger partial charge in [-0.2, -0.15) is 0 Å². The summed E-state index contributed by atoms with van der Waals surface area (Å²) in [7, 11) is 3.61. The van der Waals surface area contributed by atoms with Crippen molar-refractivity contribution in [2.24, 2.45) is 5.41 Å². The van der Waals surface area contributed by atoms with Crippen molar-refractivity contribution in [2.45, 2.75) is 39.2 Å². The standard InChI is InChI=1S/C15H31N3O2/c1-15(2,7-10-19)12-16-13-5-8-18(9-6-13)11-14(20)17(3)4/h13,16,19H,5-12H2,1-4H3. The molecular formula is C15H31N3O2. The van der Waals surface area contributed by atoms with Gasteiger partial charge in [-0.3, -0.25) is 9.69 Å². The minimum atomic E-state index is 0.146. The van der Waals surface area contributed by atoms with E-state index in [-0.39, 0.29) is 17.9 Å². The van der Waals surface area contributed by atoms with Gasteiger partial charge in [-0.15, -0.1) is 0 Å². The number of rotatable bonds is 7. The van der Waals surface area contributed by atoms with Crippen LogP contribution in [0.1, 0.15) is 33.1 Å². The van der Waals surface area contributed by atoms with Crippen LogP contribution in [0.3, 0.4) is 0 Å². The molecule has 0 atom stereocenters. The van der Waals surface area contributed by atoms with Gasteiger partial charge in [0.25, 0.3) is 0 Å². The Morgan fingerprint density at radius 1 is 1.35 bits per heavy atom. The lowest BCUT2D eigenvalue weighted by Crippen LogP contribution is -2.47. The molecule has 1 heterocycles. The van der Waals surface area contributed by atoms with E-state index in [0.29, 0.717) is 12.6 Å². The smallest absolute Gasteiger partial charge is 0.236 e. The van der Waals surface area contributed by atoms with Crippen molar-refractivity contribution in [3.63, 3.8) is 0 Å². The molecule has 0 bridgehead atoms. The van der Waals surface area contributed by atoms with E-state index in [2.05, 4.69) is 24.1 Å². The minimum Gasteiger partial charge on any atom is -0.396 e. The van der Waals surface area contributed by atoms with Gasteiger partial charge in [-0.05, 0) is 24.7 Å². The van der Waals surface area contributed by atoms with E-state index in [1.165, 1.54) is 0 Å². The number of hydrogen-bond donors (Lipinski definition) is 2. The van der Waals surface area contributed by atoms with E-state index < -0.39 is 0 Å². The molecule has 0 aromatic rings. The molecule has 5 heteroatoms. The van der Waals surface area contributed by atoms with Crippen LogP contribution in [0.2, 0.25) is 0 Å². The average molecular weight is 285 g/mol. The van der Waals surface area contributed by atoms with Crippen molar-refractivity contribution in [1.82, 2.24) is 15.1 Å². The highest BCUT2D eigenvalue weighted by Gasteiger charge is 2.23. The molecule has 1 aliphatic rings. The molecule has 5 nitrogen and oxygen atoms in total. The van der Waals surface area contributed by atoms with Gasteiger partial charge in [0, 0.05) is 46.4 Å². The van der Waals surface area contributed by atoms with E-state index in [1.807, 2.05) is 0 Å². The van der Waals surface area contributed by atoms with Crippen molar-refractivity contribution >= 4 is 5.91 Å². The number of likely N-dealkylation sites (tertiary alicyclic amines) is 1. The monoisotopic (exact) mass is 285 g/mol. The number of aliphatic hydroxyl groups excluding tert-OH is 1. The van der Waals surface area contributed by atoms with Crippen LogP contribution in [0.4, 0.5) is 0 Å². The number of nitrogens with zero attached hydrogens (tertiary/aromatic N) is 2. The lowest BCUT2D eigenvalue weighted by Gasteiger charge is -2.34. The Labute approximate surface area is 123 Å². The minimum absolute atomic E-state index is 0.146. The predicted molar refractivity (Wildman–Crippen MR) is 81.6 cm³/mol. The second kappa shape index (κ2) is 7.96. The van der Waals surface area contributed by atoms with Crippen molar-refractivity contribution in [2.75, 3.05) is 46.9 Å². The third-order valence-corrected chi connectivity index (χ3v) is 4.10. The fourth-order valence-corrected chi connectivity index (χ4v) is 2.44. The molecule has 0 saturated carbocycles. The quantitative estimate of drug-likeness (QED) is 0.717. The Hall–Kier alpha value is -0.650. The Bertz CT molecular complexity index is 297. The maximum absolute atomic E-state index is 11.7. The summed E-state index contributed by atoms with van der Waals surface area (Å²) in [6.07, 6.45) is 3.02. The lowest BCUT2D eigenvalue weighted by molar-refractivity contribution is -0.130. The maximum atomic E-state index is 11.7. The molecule has 1 rings (SSSR count). The molecule has 0 aromatic heterocycles.